The summed E-state index contributed by atoms with van der Waals surface area (Å²) < 4.78 is 0. The van der Waals surface area contributed by atoms with Crippen LogP contribution in [-0.4, -0.2) is 21.6 Å². The average molecular weight is 756 g/mol. The van der Waals surface area contributed by atoms with Gasteiger partial charge in [0.15, 0.2) is 11.7 Å². The quantitative estimate of drug-likeness (QED) is 0.136. The van der Waals surface area contributed by atoms with Gasteiger partial charge in [-0.25, -0.2) is 15.0 Å². The lowest BCUT2D eigenvalue weighted by atomic mass is 9.70. The van der Waals surface area contributed by atoms with E-state index in [9.17, 15) is 0 Å². The lowest BCUT2D eigenvalue weighted by Gasteiger charge is -2.30. The molecule has 1 spiro atoms. The predicted molar refractivity (Wildman–Crippen MR) is 241 cm³/mol. The number of fused-ring (bicyclic) bond motifs is 11. The highest BCUT2D eigenvalue weighted by molar-refractivity contribution is 6.11. The van der Waals surface area contributed by atoms with Crippen LogP contribution in [0.2, 0.25) is 0 Å². The predicted octanol–water partition coefficient (Wildman–Crippen LogP) is 11.7. The minimum atomic E-state index is -0.446. The van der Waals surface area contributed by atoms with Crippen LogP contribution >= 0.6 is 0 Å². The van der Waals surface area contributed by atoms with Gasteiger partial charge < -0.3 is 5.73 Å². The van der Waals surface area contributed by atoms with Gasteiger partial charge in [-0.3, -0.25) is 4.99 Å². The molecule has 8 aromatic carbocycles. The number of nitrogens with two attached hydrogens (primary N) is 1. The molecule has 0 saturated carbocycles. The van der Waals surface area contributed by atoms with Crippen molar-refractivity contribution < 1.29 is 0 Å². The molecule has 11 rings (SSSR count). The number of aromatic nitrogens is 2. The van der Waals surface area contributed by atoms with Crippen molar-refractivity contribution in [2.75, 3.05) is 0 Å². The third-order valence-corrected chi connectivity index (χ3v) is 11.8. The molecule has 0 amide bonds. The highest BCUT2D eigenvalue weighted by atomic mass is 15.0. The van der Waals surface area contributed by atoms with Gasteiger partial charge in [-0.1, -0.05) is 194 Å². The molecular formula is C54H37N5. The van der Waals surface area contributed by atoms with Crippen molar-refractivity contribution in [1.29, 1.82) is 0 Å². The van der Waals surface area contributed by atoms with Crippen LogP contribution in [0, 0.1) is 0 Å². The fourth-order valence-corrected chi connectivity index (χ4v) is 9.25. The number of hydrogen-bond acceptors (Lipinski definition) is 3. The molecule has 9 aromatic rings. The molecule has 0 saturated heterocycles. The van der Waals surface area contributed by atoms with E-state index in [-0.39, 0.29) is 0 Å². The van der Waals surface area contributed by atoms with E-state index in [1.54, 1.807) is 0 Å². The van der Waals surface area contributed by atoms with Gasteiger partial charge in [0.1, 0.15) is 5.84 Å². The Kier molecular flexibility index (Phi) is 8.19. The van der Waals surface area contributed by atoms with Crippen LogP contribution in [0.3, 0.4) is 0 Å². The van der Waals surface area contributed by atoms with Gasteiger partial charge in [0.05, 0.1) is 23.2 Å². The van der Waals surface area contributed by atoms with E-state index in [4.69, 9.17) is 25.7 Å². The fourth-order valence-electron chi connectivity index (χ4n) is 9.25. The zero-order valence-electron chi connectivity index (χ0n) is 32.1. The SMILES string of the molecule is NC(=NC(=NCc1ccccc1)c1ccccc1)c1ccc(-c2nc(-c3cccc4c3-c3ccccc3C43c4ccccc4-c4ccccc43)nc3ccccc23)cc1. The zero-order chi connectivity index (χ0) is 39.3. The third kappa shape index (κ3) is 5.54. The molecule has 0 aliphatic heterocycles. The Bertz CT molecular complexity index is 3080. The molecule has 59 heavy (non-hydrogen) atoms. The monoisotopic (exact) mass is 755 g/mol. The summed E-state index contributed by atoms with van der Waals surface area (Å²) >= 11 is 0. The summed E-state index contributed by atoms with van der Waals surface area (Å²) in [6, 6.07) is 69.9. The second-order valence-corrected chi connectivity index (χ2v) is 15.1. The normalized spacial score (nSPS) is 13.6. The Labute approximate surface area is 343 Å². The summed E-state index contributed by atoms with van der Waals surface area (Å²) in [5.74, 6) is 1.67. The smallest absolute Gasteiger partial charge is 0.161 e. The molecule has 2 aliphatic rings. The van der Waals surface area contributed by atoms with Crippen molar-refractivity contribution in [2.45, 2.75) is 12.0 Å². The van der Waals surface area contributed by atoms with Crippen LogP contribution in [0.1, 0.15) is 38.9 Å². The molecular weight excluding hydrogens is 719 g/mol. The van der Waals surface area contributed by atoms with Crippen LogP contribution in [0.4, 0.5) is 0 Å². The first-order valence-electron chi connectivity index (χ1n) is 20.0. The topological polar surface area (TPSA) is 76.5 Å². The van der Waals surface area contributed by atoms with Crippen LogP contribution < -0.4 is 5.73 Å². The van der Waals surface area contributed by atoms with Crippen LogP contribution in [0.25, 0.3) is 55.8 Å². The number of para-hydroxylation sites is 1. The van der Waals surface area contributed by atoms with Crippen molar-refractivity contribution >= 4 is 22.6 Å². The van der Waals surface area contributed by atoms with Gasteiger partial charge in [-0.2, -0.15) is 0 Å². The van der Waals surface area contributed by atoms with Gasteiger partial charge >= 0.3 is 0 Å². The number of rotatable bonds is 6. The maximum Gasteiger partial charge on any atom is 0.161 e. The molecule has 5 nitrogen and oxygen atoms in total. The molecule has 0 unspecified atom stereocenters. The van der Waals surface area contributed by atoms with Crippen molar-refractivity contribution in [3.8, 4) is 44.9 Å². The standard InChI is InChI=1S/C54H37N5/c55-51(59-52(38-18-5-2-6-19-38)56-34-35-16-3-1-4-17-35)37-32-30-36(31-33-37)50-42-23-10-14-29-48(42)57-53(58-50)43-24-15-28-47-49(43)41-22-9-13-27-46(41)54(47)44-25-11-7-20-39(44)40-21-8-12-26-45(40)54/h1-33H,34H2,(H2,55,56,59). The maximum atomic E-state index is 6.73. The molecule has 2 aliphatic carbocycles. The van der Waals surface area contributed by atoms with Crippen molar-refractivity contribution in [2.24, 2.45) is 15.7 Å². The summed E-state index contributed by atoms with van der Waals surface area (Å²) in [6.45, 7) is 0.502. The first kappa shape index (κ1) is 34.5. The molecule has 0 fully saturated rings. The lowest BCUT2D eigenvalue weighted by Crippen LogP contribution is -2.25. The zero-order valence-corrected chi connectivity index (χ0v) is 32.1. The minimum Gasteiger partial charge on any atom is -0.383 e. The van der Waals surface area contributed by atoms with E-state index in [0.29, 0.717) is 24.0 Å². The number of hydrogen-bond donors (Lipinski definition) is 1. The lowest BCUT2D eigenvalue weighted by molar-refractivity contribution is 0.794. The summed E-state index contributed by atoms with van der Waals surface area (Å²) in [5.41, 5.74) is 22.9. The van der Waals surface area contributed by atoms with Crippen molar-refractivity contribution in [1.82, 2.24) is 9.97 Å². The van der Waals surface area contributed by atoms with E-state index in [2.05, 4.69) is 127 Å². The Morgan fingerprint density at radius 2 is 1.03 bits per heavy atom. The molecule has 2 N–H and O–H groups in total. The fraction of sp³-hybridized carbons (Fsp3) is 0.0370. The van der Waals surface area contributed by atoms with Crippen molar-refractivity contribution in [3.05, 3.63) is 239 Å². The maximum absolute atomic E-state index is 6.73. The molecule has 278 valence electrons. The van der Waals surface area contributed by atoms with E-state index < -0.39 is 5.41 Å². The summed E-state index contributed by atoms with van der Waals surface area (Å²) in [5, 5.41) is 0.980. The first-order chi connectivity index (χ1) is 29.2. The number of amidine groups is 2. The summed E-state index contributed by atoms with van der Waals surface area (Å²) in [7, 11) is 0. The van der Waals surface area contributed by atoms with E-state index >= 15 is 0 Å². The van der Waals surface area contributed by atoms with E-state index in [1.165, 1.54) is 44.5 Å². The third-order valence-electron chi connectivity index (χ3n) is 11.8. The van der Waals surface area contributed by atoms with Gasteiger partial charge in [0.2, 0.25) is 0 Å². The molecule has 1 heterocycles. The van der Waals surface area contributed by atoms with Gasteiger partial charge in [0, 0.05) is 27.6 Å². The number of aliphatic imine (C=N–C) groups is 2. The number of benzene rings is 8. The van der Waals surface area contributed by atoms with Gasteiger partial charge in [0.25, 0.3) is 0 Å². The molecule has 1 aromatic heterocycles. The van der Waals surface area contributed by atoms with Crippen LogP contribution in [0.15, 0.2) is 210 Å². The first-order valence-corrected chi connectivity index (χ1v) is 20.0. The van der Waals surface area contributed by atoms with Crippen LogP contribution in [-0.2, 0) is 12.0 Å². The Balaban J connectivity index is 1.03. The largest absolute Gasteiger partial charge is 0.383 e. The van der Waals surface area contributed by atoms with E-state index in [0.717, 1.165) is 44.4 Å². The molecule has 0 radical (unpaired) electrons. The Morgan fingerprint density at radius 1 is 0.475 bits per heavy atom. The Hall–Kier alpha value is -7.76. The van der Waals surface area contributed by atoms with Crippen LogP contribution in [0.5, 0.6) is 0 Å². The molecule has 0 atom stereocenters. The van der Waals surface area contributed by atoms with Gasteiger partial charge in [-0.15, -0.1) is 0 Å². The summed E-state index contributed by atoms with van der Waals surface area (Å²) in [6.07, 6.45) is 0. The second kappa shape index (κ2) is 14.0. The highest BCUT2D eigenvalue weighted by Gasteiger charge is 2.52. The van der Waals surface area contributed by atoms with Gasteiger partial charge in [-0.05, 0) is 56.1 Å². The van der Waals surface area contributed by atoms with Crippen molar-refractivity contribution in [3.63, 3.8) is 0 Å². The molecule has 0 bridgehead atoms. The summed E-state index contributed by atoms with van der Waals surface area (Å²) in [4.78, 5) is 20.4. The second-order valence-electron chi connectivity index (χ2n) is 15.1. The minimum absolute atomic E-state index is 0.392. The Morgan fingerprint density at radius 3 is 1.75 bits per heavy atom. The average Bonchev–Trinajstić information content (AvgIpc) is 3.78. The molecule has 5 heteroatoms. The highest BCUT2D eigenvalue weighted by Crippen LogP contribution is 2.63. The number of nitrogens with zero attached hydrogens (tertiary/aromatic N) is 4. The van der Waals surface area contributed by atoms with E-state index in [1.807, 2.05) is 72.8 Å².